The minimum Gasteiger partial charge on any atom is -0.483 e. The van der Waals surface area contributed by atoms with Crippen molar-refractivity contribution in [3.63, 3.8) is 0 Å². The zero-order chi connectivity index (χ0) is 19.1. The van der Waals surface area contributed by atoms with Crippen molar-refractivity contribution < 1.29 is 19.1 Å². The molecule has 2 N–H and O–H groups in total. The third-order valence-electron chi connectivity index (χ3n) is 3.47. The number of hydrogen-bond donors (Lipinski definition) is 2. The fourth-order valence-electron chi connectivity index (χ4n) is 2.01. The number of carbonyl (C=O) groups is 2. The molecule has 2 aromatic rings. The van der Waals surface area contributed by atoms with Gasteiger partial charge in [0, 0.05) is 0 Å². The number of carbonyl (C=O) groups excluding carboxylic acids is 2. The zero-order valence-corrected chi connectivity index (χ0v) is 16.4. The molecular formula is C19H21BrN2O4. The highest BCUT2D eigenvalue weighted by molar-refractivity contribution is 9.10. The van der Waals surface area contributed by atoms with Gasteiger partial charge in [-0.25, -0.2) is 0 Å². The van der Waals surface area contributed by atoms with E-state index in [9.17, 15) is 9.59 Å². The van der Waals surface area contributed by atoms with E-state index >= 15 is 0 Å². The highest BCUT2D eigenvalue weighted by Crippen LogP contribution is 2.25. The predicted molar refractivity (Wildman–Crippen MR) is 102 cm³/mol. The molecule has 0 aliphatic rings. The highest BCUT2D eigenvalue weighted by atomic mass is 79.9. The van der Waals surface area contributed by atoms with Gasteiger partial charge in [-0.2, -0.15) is 0 Å². The second kappa shape index (κ2) is 9.24. The van der Waals surface area contributed by atoms with Crippen LogP contribution >= 0.6 is 15.9 Å². The molecule has 1 unspecified atom stereocenters. The molecule has 6 nitrogen and oxygen atoms in total. The Morgan fingerprint density at radius 1 is 1.04 bits per heavy atom. The summed E-state index contributed by atoms with van der Waals surface area (Å²) in [7, 11) is 0. The van der Waals surface area contributed by atoms with Gasteiger partial charge in [0.2, 0.25) is 0 Å². The van der Waals surface area contributed by atoms with Gasteiger partial charge in [-0.05, 0) is 66.5 Å². The minimum absolute atomic E-state index is 0.227. The average Bonchev–Trinajstić information content (AvgIpc) is 2.60. The van der Waals surface area contributed by atoms with Gasteiger partial charge in [0.15, 0.2) is 12.7 Å². The van der Waals surface area contributed by atoms with Crippen molar-refractivity contribution >= 4 is 27.7 Å². The van der Waals surface area contributed by atoms with Crippen LogP contribution in [0.1, 0.15) is 18.1 Å². The van der Waals surface area contributed by atoms with Gasteiger partial charge in [-0.15, -0.1) is 0 Å². The van der Waals surface area contributed by atoms with Crippen molar-refractivity contribution in [1.82, 2.24) is 10.9 Å². The van der Waals surface area contributed by atoms with Crippen LogP contribution in [0.25, 0.3) is 0 Å². The first kappa shape index (κ1) is 19.8. The normalized spacial score (nSPS) is 11.4. The molecular weight excluding hydrogens is 400 g/mol. The molecule has 2 rings (SSSR count). The second-order valence-corrected chi connectivity index (χ2v) is 6.69. The Balaban J connectivity index is 1.75. The van der Waals surface area contributed by atoms with Crippen molar-refractivity contribution in [1.29, 1.82) is 0 Å². The number of halogens is 1. The molecule has 0 fully saturated rings. The number of amides is 2. The van der Waals surface area contributed by atoms with Crippen molar-refractivity contribution in [2.75, 3.05) is 6.61 Å². The van der Waals surface area contributed by atoms with E-state index in [0.29, 0.717) is 11.5 Å². The summed E-state index contributed by atoms with van der Waals surface area (Å²) in [6.45, 7) is 5.29. The second-order valence-electron chi connectivity index (χ2n) is 5.83. The number of hydrazine groups is 1. The first-order chi connectivity index (χ1) is 12.3. The van der Waals surface area contributed by atoms with Gasteiger partial charge in [0.05, 0.1) is 4.47 Å². The van der Waals surface area contributed by atoms with Crippen molar-refractivity contribution in [3.05, 3.63) is 58.1 Å². The summed E-state index contributed by atoms with van der Waals surface area (Å²) in [4.78, 5) is 23.8. The van der Waals surface area contributed by atoms with E-state index < -0.39 is 17.9 Å². The fourth-order valence-corrected chi connectivity index (χ4v) is 2.62. The maximum absolute atomic E-state index is 12.0. The van der Waals surface area contributed by atoms with Crippen LogP contribution in [0.15, 0.2) is 46.9 Å². The molecule has 0 saturated carbocycles. The largest absolute Gasteiger partial charge is 0.483 e. The van der Waals surface area contributed by atoms with Crippen LogP contribution < -0.4 is 20.3 Å². The Bertz CT molecular complexity index is 778. The van der Waals surface area contributed by atoms with Crippen LogP contribution in [-0.2, 0) is 9.59 Å². The van der Waals surface area contributed by atoms with E-state index in [1.54, 1.807) is 25.1 Å². The quantitative estimate of drug-likeness (QED) is 0.703. The highest BCUT2D eigenvalue weighted by Gasteiger charge is 2.15. The van der Waals surface area contributed by atoms with Gasteiger partial charge >= 0.3 is 0 Å². The third-order valence-corrected chi connectivity index (χ3v) is 4.09. The zero-order valence-electron chi connectivity index (χ0n) is 14.8. The van der Waals surface area contributed by atoms with E-state index in [4.69, 9.17) is 9.47 Å². The number of aryl methyl sites for hydroxylation is 2. The molecule has 0 heterocycles. The first-order valence-electron chi connectivity index (χ1n) is 8.06. The molecule has 1 atom stereocenters. The Kier molecular flexibility index (Phi) is 7.03. The predicted octanol–water partition coefficient (Wildman–Crippen LogP) is 3.06. The molecule has 0 radical (unpaired) electrons. The van der Waals surface area contributed by atoms with Gasteiger partial charge in [0.25, 0.3) is 11.8 Å². The molecule has 0 bridgehead atoms. The Labute approximate surface area is 161 Å². The minimum atomic E-state index is -0.759. The molecule has 138 valence electrons. The first-order valence-corrected chi connectivity index (χ1v) is 8.85. The summed E-state index contributed by atoms with van der Waals surface area (Å²) in [5.41, 5.74) is 6.79. The number of hydrogen-bond acceptors (Lipinski definition) is 4. The van der Waals surface area contributed by atoms with E-state index in [1.165, 1.54) is 0 Å². The van der Waals surface area contributed by atoms with Crippen LogP contribution in [0.5, 0.6) is 11.5 Å². The lowest BCUT2D eigenvalue weighted by Gasteiger charge is -2.15. The molecule has 0 aliphatic carbocycles. The van der Waals surface area contributed by atoms with Crippen molar-refractivity contribution in [2.24, 2.45) is 0 Å². The Morgan fingerprint density at radius 3 is 2.35 bits per heavy atom. The maximum atomic E-state index is 12.0. The Hall–Kier alpha value is -2.54. The van der Waals surface area contributed by atoms with Crippen LogP contribution in [0.3, 0.4) is 0 Å². The number of rotatable bonds is 6. The topological polar surface area (TPSA) is 76.7 Å². The summed E-state index contributed by atoms with van der Waals surface area (Å²) in [5, 5.41) is 0. The molecule has 0 spiro atoms. The number of nitrogens with one attached hydrogen (secondary N) is 2. The maximum Gasteiger partial charge on any atom is 0.279 e. The summed E-state index contributed by atoms with van der Waals surface area (Å²) >= 11 is 3.37. The molecule has 7 heteroatoms. The lowest BCUT2D eigenvalue weighted by Crippen LogP contribution is -2.48. The Morgan fingerprint density at radius 2 is 1.69 bits per heavy atom. The summed E-state index contributed by atoms with van der Waals surface area (Å²) in [6, 6.07) is 12.9. The lowest BCUT2D eigenvalue weighted by molar-refractivity contribution is -0.133. The van der Waals surface area contributed by atoms with Gasteiger partial charge in [-0.3, -0.25) is 20.4 Å². The smallest absolute Gasteiger partial charge is 0.279 e. The van der Waals surface area contributed by atoms with E-state index in [2.05, 4.69) is 26.8 Å². The van der Waals surface area contributed by atoms with E-state index in [-0.39, 0.29) is 6.61 Å². The summed E-state index contributed by atoms with van der Waals surface area (Å²) < 4.78 is 11.7. The summed E-state index contributed by atoms with van der Waals surface area (Å²) in [6.07, 6.45) is -0.759. The SMILES string of the molecule is Cc1ccc(OC(C)C(=O)NNC(=O)COc2ccc(C)cc2Br)cc1. The number of benzene rings is 2. The van der Waals surface area contributed by atoms with Gasteiger partial charge in [0.1, 0.15) is 11.5 Å². The van der Waals surface area contributed by atoms with Crippen molar-refractivity contribution in [3.8, 4) is 11.5 Å². The monoisotopic (exact) mass is 420 g/mol. The summed E-state index contributed by atoms with van der Waals surface area (Å²) in [5.74, 6) is 0.189. The lowest BCUT2D eigenvalue weighted by atomic mass is 10.2. The molecule has 26 heavy (non-hydrogen) atoms. The molecule has 0 aromatic heterocycles. The van der Waals surface area contributed by atoms with Crippen LogP contribution in [0.4, 0.5) is 0 Å². The van der Waals surface area contributed by atoms with Crippen LogP contribution in [0.2, 0.25) is 0 Å². The average molecular weight is 421 g/mol. The molecule has 2 amide bonds. The van der Waals surface area contributed by atoms with E-state index in [0.717, 1.165) is 15.6 Å². The molecule has 0 saturated heterocycles. The van der Waals surface area contributed by atoms with Gasteiger partial charge in [-0.1, -0.05) is 23.8 Å². The van der Waals surface area contributed by atoms with Crippen molar-refractivity contribution in [2.45, 2.75) is 26.9 Å². The number of ether oxygens (including phenoxy) is 2. The molecule has 0 aliphatic heterocycles. The standard InChI is InChI=1S/C19H21BrN2O4/c1-12-4-7-15(8-5-12)26-14(3)19(24)22-21-18(23)11-25-17-9-6-13(2)10-16(17)20/h4-10,14H,11H2,1-3H3,(H,21,23)(H,22,24). The fraction of sp³-hybridized carbons (Fsp3) is 0.263. The van der Waals surface area contributed by atoms with Crippen LogP contribution in [-0.4, -0.2) is 24.5 Å². The molecule has 2 aromatic carbocycles. The van der Waals surface area contributed by atoms with E-state index in [1.807, 2.05) is 38.1 Å². The van der Waals surface area contributed by atoms with Gasteiger partial charge < -0.3 is 9.47 Å². The third kappa shape index (κ3) is 6.07. The van der Waals surface area contributed by atoms with Crippen LogP contribution in [0, 0.1) is 13.8 Å².